The van der Waals surface area contributed by atoms with E-state index >= 15 is 0 Å². The van der Waals surface area contributed by atoms with Crippen molar-refractivity contribution in [2.75, 3.05) is 0 Å². The number of rotatable bonds is 24. The maximum atomic E-state index is 2.83. The third-order valence-electron chi connectivity index (χ3n) is 15.9. The van der Waals surface area contributed by atoms with Gasteiger partial charge in [-0.05, 0) is 127 Å². The molecule has 0 aliphatic carbocycles. The number of aryl methyl sites for hydroxylation is 8. The average molecular weight is 925 g/mol. The zero-order valence-corrected chi connectivity index (χ0v) is 41.6. The first-order valence-electron chi connectivity index (χ1n) is 26.3. The van der Waals surface area contributed by atoms with Crippen molar-refractivity contribution in [3.63, 3.8) is 0 Å². The number of imidazole rings is 4. The second-order valence-electron chi connectivity index (χ2n) is 20.8. The maximum absolute atomic E-state index is 2.83. The van der Waals surface area contributed by atoms with Crippen molar-refractivity contribution in [3.8, 4) is 0 Å². The number of nitrogens with zero attached hydrogens (tertiary/aromatic N) is 12. The molecule has 12 nitrogen and oxygen atoms in total. The third-order valence-corrected chi connectivity index (χ3v) is 15.9. The molecular weight excluding hydrogens is 853 g/mol. The highest BCUT2D eigenvalue weighted by molar-refractivity contribution is 6.23. The van der Waals surface area contributed by atoms with E-state index in [9.17, 15) is 0 Å². The third kappa shape index (κ3) is 7.56. The maximum Gasteiger partial charge on any atom is 0.553 e. The molecule has 0 N–H and O–H groups in total. The van der Waals surface area contributed by atoms with Gasteiger partial charge in [-0.15, -0.1) is 0 Å². The topological polar surface area (TPSA) is 51.1 Å². The Balaban J connectivity index is 0.933. The fourth-order valence-corrected chi connectivity index (χ4v) is 12.7. The molecule has 12 rings (SSSR count). The molecule has 0 amide bonds. The fourth-order valence-electron chi connectivity index (χ4n) is 12.7. The minimum atomic E-state index is -0.605. The lowest BCUT2D eigenvalue weighted by Gasteiger charge is -2.41. The summed E-state index contributed by atoms with van der Waals surface area (Å²) in [5.74, 6) is -0.605. The molecule has 0 radical (unpaired) electrons. The Hall–Kier alpha value is -6.56. The molecule has 0 saturated heterocycles. The quantitative estimate of drug-likeness (QED) is 0.0556. The normalized spacial score (nSPS) is 18.1. The highest BCUT2D eigenvalue weighted by Gasteiger charge is 2.72. The van der Waals surface area contributed by atoms with Gasteiger partial charge in [0.05, 0.1) is 82.0 Å². The van der Waals surface area contributed by atoms with Gasteiger partial charge in [0.2, 0.25) is 48.1 Å². The minimum Gasteiger partial charge on any atom is -0.240 e. The number of hydrogen-bond donors (Lipinski definition) is 0. The molecule has 6 aromatic heterocycles. The van der Waals surface area contributed by atoms with Gasteiger partial charge in [0, 0.05) is 41.0 Å². The SMILES string of the molecule is C[n+]1ccn(CCCCCC2=C3C=CC4=[N+]3C35n6c(ccc6C(CCCCCn6cc[n+](C)c6)=c6ccc(n63)=C4CCCCCn3cc[n+](C)c3)C(CCCCCn3cc[n+](C)c3)=C3C=CC2=[N+]35)c1. The van der Waals surface area contributed by atoms with Crippen molar-refractivity contribution >= 4 is 28.1 Å². The van der Waals surface area contributed by atoms with Crippen molar-refractivity contribution in [3.05, 3.63) is 163 Å². The molecule has 354 valence electrons. The van der Waals surface area contributed by atoms with Crippen LogP contribution in [0.3, 0.4) is 0 Å². The van der Waals surface area contributed by atoms with Gasteiger partial charge in [-0.25, -0.2) is 36.5 Å². The van der Waals surface area contributed by atoms with Gasteiger partial charge in [0.25, 0.3) is 0 Å². The van der Waals surface area contributed by atoms with Crippen LogP contribution in [0.15, 0.2) is 140 Å². The van der Waals surface area contributed by atoms with Crippen LogP contribution in [-0.2, 0) is 60.3 Å². The van der Waals surface area contributed by atoms with E-state index in [4.69, 9.17) is 0 Å². The molecule has 0 saturated carbocycles. The van der Waals surface area contributed by atoms with Crippen LogP contribution in [0.4, 0.5) is 0 Å². The van der Waals surface area contributed by atoms with Crippen LogP contribution in [0.2, 0.25) is 0 Å². The summed E-state index contributed by atoms with van der Waals surface area (Å²) in [5.41, 5.74) is 14.4. The Labute approximate surface area is 406 Å². The molecule has 0 aromatic carbocycles. The summed E-state index contributed by atoms with van der Waals surface area (Å²) in [6.45, 7) is 4.25. The van der Waals surface area contributed by atoms with Gasteiger partial charge >= 0.3 is 5.91 Å². The Bertz CT molecular complexity index is 3300. The summed E-state index contributed by atoms with van der Waals surface area (Å²) in [4.78, 5) is 0. The van der Waals surface area contributed by atoms with Crippen molar-refractivity contribution in [2.45, 2.75) is 135 Å². The second kappa shape index (κ2) is 18.1. The number of aromatic nitrogens is 10. The van der Waals surface area contributed by atoms with E-state index < -0.39 is 5.91 Å². The first-order chi connectivity index (χ1) is 33.9. The van der Waals surface area contributed by atoms with Crippen LogP contribution in [-0.4, -0.2) is 48.0 Å². The van der Waals surface area contributed by atoms with Crippen molar-refractivity contribution in [1.82, 2.24) is 27.4 Å². The van der Waals surface area contributed by atoms with Gasteiger partial charge in [0.15, 0.2) is 0 Å². The predicted octanol–water partition coefficient (Wildman–Crippen LogP) is 5.67. The highest BCUT2D eigenvalue weighted by Crippen LogP contribution is 2.51. The summed E-state index contributed by atoms with van der Waals surface area (Å²) < 4.78 is 29.2. The zero-order chi connectivity index (χ0) is 46.6. The van der Waals surface area contributed by atoms with Crippen molar-refractivity contribution < 1.29 is 27.4 Å². The van der Waals surface area contributed by atoms with Crippen LogP contribution in [0.1, 0.15) is 114 Å². The predicted molar refractivity (Wildman–Crippen MR) is 266 cm³/mol. The smallest absolute Gasteiger partial charge is 0.240 e. The molecule has 0 bridgehead atoms. The average Bonchev–Trinajstić information content (AvgIpc) is 4.20. The standard InChI is InChI=1S/C57H72N12/c1-58-33-37-62(41-58)29-13-5-9-17-45-49-21-23-51-46(18-10-6-14-30-63-38-34-59(2)42-63)53-25-27-55-48(20-12-8-16-32-65-40-36-61(4)44-65)56-28-26-54-47(19-11-7-15-31-64-39-35-60(3)43-64)52-24-22-50(45)67(52)57(66(49)51,68(53)55)69(54)56/h21-28,33-44H,5-20,29-32H2,1-4H3/q+6. The molecule has 6 aliphatic heterocycles. The molecule has 1 atom stereocenters. The summed E-state index contributed by atoms with van der Waals surface area (Å²) in [6.07, 6.45) is 54.7. The van der Waals surface area contributed by atoms with Crippen LogP contribution in [0, 0.1) is 0 Å². The second-order valence-corrected chi connectivity index (χ2v) is 20.8. The van der Waals surface area contributed by atoms with Gasteiger partial charge in [-0.1, -0.05) is 9.15 Å². The molecule has 1 unspecified atom stereocenters. The van der Waals surface area contributed by atoms with E-state index in [1.54, 1.807) is 0 Å². The number of allylic oxidation sites excluding steroid dienone is 6. The highest BCUT2D eigenvalue weighted by atomic mass is 15.6. The van der Waals surface area contributed by atoms with Crippen LogP contribution in [0.5, 0.6) is 0 Å². The molecule has 6 aliphatic rings. The Morgan fingerprint density at radius 2 is 0.754 bits per heavy atom. The number of unbranched alkanes of at least 4 members (excludes halogenated alkanes) is 8. The lowest BCUT2D eigenvalue weighted by atomic mass is 9.94. The zero-order valence-electron chi connectivity index (χ0n) is 41.6. The summed E-state index contributed by atoms with van der Waals surface area (Å²) >= 11 is 0. The molecule has 1 spiro atoms. The van der Waals surface area contributed by atoms with E-state index in [0.29, 0.717) is 0 Å². The van der Waals surface area contributed by atoms with Gasteiger partial charge in [-0.3, -0.25) is 0 Å². The van der Waals surface area contributed by atoms with E-state index in [2.05, 4.69) is 206 Å². The first-order valence-corrected chi connectivity index (χ1v) is 26.3. The van der Waals surface area contributed by atoms with Gasteiger partial charge in [0.1, 0.15) is 49.6 Å². The van der Waals surface area contributed by atoms with E-state index in [1.165, 1.54) is 144 Å². The lowest BCUT2D eigenvalue weighted by molar-refractivity contribution is -0.837. The summed E-state index contributed by atoms with van der Waals surface area (Å²) in [7, 11) is 8.44. The largest absolute Gasteiger partial charge is 0.553 e. The summed E-state index contributed by atoms with van der Waals surface area (Å²) in [5, 5.41) is 2.80. The van der Waals surface area contributed by atoms with Gasteiger partial charge < -0.3 is 0 Å². The molecule has 69 heavy (non-hydrogen) atoms. The lowest BCUT2D eigenvalue weighted by Crippen LogP contribution is -2.71. The molecule has 12 heteroatoms. The molecule has 12 heterocycles. The van der Waals surface area contributed by atoms with Crippen molar-refractivity contribution in [2.24, 2.45) is 28.2 Å². The minimum absolute atomic E-state index is 0.605. The fraction of sp³-hybridized carbons (Fsp3) is 0.439. The summed E-state index contributed by atoms with van der Waals surface area (Å²) in [6, 6.07) is 10.0. The van der Waals surface area contributed by atoms with Gasteiger partial charge in [-0.2, -0.15) is 9.13 Å². The molecule has 6 aromatic rings. The van der Waals surface area contributed by atoms with Crippen LogP contribution in [0.25, 0.3) is 16.7 Å². The Kier molecular flexibility index (Phi) is 11.4. The van der Waals surface area contributed by atoms with E-state index in [1.807, 2.05) is 0 Å². The Morgan fingerprint density at radius 3 is 1.20 bits per heavy atom. The first kappa shape index (κ1) is 43.7. The van der Waals surface area contributed by atoms with Crippen LogP contribution < -0.4 is 29.0 Å². The van der Waals surface area contributed by atoms with Crippen LogP contribution >= 0.6 is 0 Å². The van der Waals surface area contributed by atoms with E-state index in [0.717, 1.165) is 51.9 Å². The molecule has 0 fully saturated rings. The monoisotopic (exact) mass is 925 g/mol. The van der Waals surface area contributed by atoms with E-state index in [-0.39, 0.29) is 0 Å². The molecular formula is C57H72N12+6. The van der Waals surface area contributed by atoms with Crippen molar-refractivity contribution in [1.29, 1.82) is 0 Å². The number of hydrogen-bond acceptors (Lipinski definition) is 0. The Morgan fingerprint density at radius 1 is 0.377 bits per heavy atom.